The molecular weight excluding hydrogens is 384 g/mol. The number of aldehydes is 1. The van der Waals surface area contributed by atoms with Crippen LogP contribution >= 0.6 is 11.3 Å². The summed E-state index contributed by atoms with van der Waals surface area (Å²) >= 11 is 1.47. The summed E-state index contributed by atoms with van der Waals surface area (Å²) in [7, 11) is 0. The monoisotopic (exact) mass is 418 g/mol. The molecule has 5 nitrogen and oxygen atoms in total. The van der Waals surface area contributed by atoms with Crippen LogP contribution < -0.4 is 5.32 Å². The first-order valence-corrected chi connectivity index (χ1v) is 11.4. The maximum Gasteiger partial charge on any atom is 0.309 e. The zero-order valence-electron chi connectivity index (χ0n) is 17.2. The van der Waals surface area contributed by atoms with Crippen molar-refractivity contribution in [2.75, 3.05) is 11.9 Å². The Balaban J connectivity index is 1.87. The molecule has 0 fully saturated rings. The second-order valence-corrected chi connectivity index (χ2v) is 7.70. The van der Waals surface area contributed by atoms with Crippen molar-refractivity contribution in [2.45, 2.75) is 70.6 Å². The lowest BCUT2D eigenvalue weighted by atomic mass is 10.1. The van der Waals surface area contributed by atoms with E-state index in [4.69, 9.17) is 5.11 Å². The van der Waals surface area contributed by atoms with Crippen LogP contribution in [0.2, 0.25) is 0 Å². The quantitative estimate of drug-likeness (QED) is 0.175. The lowest BCUT2D eigenvalue weighted by Gasteiger charge is -2.03. The Kier molecular flexibility index (Phi) is 15.3. The van der Waals surface area contributed by atoms with Gasteiger partial charge in [0.25, 0.3) is 0 Å². The third-order valence-corrected chi connectivity index (χ3v) is 5.08. The zero-order valence-corrected chi connectivity index (χ0v) is 18.0. The normalized spacial score (nSPS) is 11.7. The van der Waals surface area contributed by atoms with Crippen LogP contribution in [0.1, 0.15) is 69.9 Å². The molecule has 2 N–H and O–H groups in total. The molecular formula is C23H34N2O3S. The summed E-state index contributed by atoms with van der Waals surface area (Å²) < 4.78 is 0. The standard InChI is InChI=1S/C23H34N2O3S/c26-18-16-14-12-10-8-6-4-2-1-3-5-7-9-11-13-15-17-24-23-25-21(20-29-23)19-22(27)28/h1-2,6,8,12,14,18,20H,3-5,7,9-11,13,15-17,19H2,(H,24,25)(H,27,28)/b2-1-,8-6-,14-12-. The van der Waals surface area contributed by atoms with Crippen LogP contribution in [0, 0.1) is 0 Å². The first kappa shape index (κ1) is 24.8. The first-order valence-electron chi connectivity index (χ1n) is 10.5. The van der Waals surface area contributed by atoms with E-state index in [0.29, 0.717) is 12.1 Å². The SMILES string of the molecule is O=CC/C=C\C/C=C\C/C=C\CCCCCCCCNc1nc(CC(=O)O)cs1. The lowest BCUT2D eigenvalue weighted by molar-refractivity contribution is -0.136. The Hall–Kier alpha value is -2.21. The molecule has 0 saturated carbocycles. The molecule has 0 aliphatic rings. The van der Waals surface area contributed by atoms with Gasteiger partial charge in [-0.2, -0.15) is 0 Å². The molecule has 0 radical (unpaired) electrons. The Labute approximate surface area is 178 Å². The number of carboxylic acids is 1. The minimum atomic E-state index is -0.842. The van der Waals surface area contributed by atoms with E-state index in [-0.39, 0.29) is 6.42 Å². The topological polar surface area (TPSA) is 79.3 Å². The summed E-state index contributed by atoms with van der Waals surface area (Å²) in [6.07, 6.45) is 24.5. The van der Waals surface area contributed by atoms with Crippen LogP contribution in [-0.4, -0.2) is 28.9 Å². The van der Waals surface area contributed by atoms with E-state index in [1.165, 1.54) is 43.4 Å². The minimum absolute atomic E-state index is 0.00884. The number of hydrogen-bond donors (Lipinski definition) is 2. The van der Waals surface area contributed by atoms with Gasteiger partial charge in [0.05, 0.1) is 12.1 Å². The number of nitrogens with zero attached hydrogens (tertiary/aromatic N) is 1. The van der Waals surface area contributed by atoms with Gasteiger partial charge in [-0.05, 0) is 32.1 Å². The van der Waals surface area contributed by atoms with Crippen LogP contribution in [0.25, 0.3) is 0 Å². The number of rotatable bonds is 18. The average Bonchev–Trinajstić information content (AvgIpc) is 3.13. The number of carbonyl (C=O) groups is 2. The van der Waals surface area contributed by atoms with Crippen molar-refractivity contribution in [3.8, 4) is 0 Å². The van der Waals surface area contributed by atoms with E-state index in [1.54, 1.807) is 5.38 Å². The van der Waals surface area contributed by atoms with Gasteiger partial charge in [-0.1, -0.05) is 62.1 Å². The molecule has 0 saturated heterocycles. The van der Waals surface area contributed by atoms with Crippen molar-refractivity contribution in [1.82, 2.24) is 4.98 Å². The molecule has 0 aliphatic carbocycles. The molecule has 1 heterocycles. The third kappa shape index (κ3) is 15.4. The van der Waals surface area contributed by atoms with E-state index in [1.807, 2.05) is 12.2 Å². The van der Waals surface area contributed by atoms with Gasteiger partial charge in [-0.3, -0.25) is 4.79 Å². The van der Waals surface area contributed by atoms with Crippen molar-refractivity contribution >= 4 is 28.7 Å². The molecule has 0 unspecified atom stereocenters. The molecule has 6 heteroatoms. The second kappa shape index (κ2) is 17.9. The predicted molar refractivity (Wildman–Crippen MR) is 122 cm³/mol. The van der Waals surface area contributed by atoms with Gasteiger partial charge in [0.15, 0.2) is 5.13 Å². The van der Waals surface area contributed by atoms with Crippen molar-refractivity contribution in [3.05, 3.63) is 47.5 Å². The van der Waals surface area contributed by atoms with Gasteiger partial charge in [0.1, 0.15) is 6.29 Å². The van der Waals surface area contributed by atoms with Crippen LogP contribution in [0.15, 0.2) is 41.8 Å². The highest BCUT2D eigenvalue weighted by Crippen LogP contribution is 2.16. The first-order chi connectivity index (χ1) is 14.2. The highest BCUT2D eigenvalue weighted by Gasteiger charge is 2.05. The number of aromatic nitrogens is 1. The molecule has 1 aromatic rings. The fourth-order valence-corrected chi connectivity index (χ4v) is 3.46. The van der Waals surface area contributed by atoms with Crippen LogP contribution in [-0.2, 0) is 16.0 Å². The number of aliphatic carboxylic acids is 1. The van der Waals surface area contributed by atoms with E-state index >= 15 is 0 Å². The zero-order chi connectivity index (χ0) is 21.0. The van der Waals surface area contributed by atoms with Gasteiger partial charge in [0.2, 0.25) is 0 Å². The fraction of sp³-hybridized carbons (Fsp3) is 0.522. The van der Waals surface area contributed by atoms with Crippen LogP contribution in [0.3, 0.4) is 0 Å². The highest BCUT2D eigenvalue weighted by molar-refractivity contribution is 7.13. The minimum Gasteiger partial charge on any atom is -0.481 e. The molecule has 0 bridgehead atoms. The van der Waals surface area contributed by atoms with E-state index in [0.717, 1.165) is 43.6 Å². The molecule has 0 spiro atoms. The fourth-order valence-electron chi connectivity index (χ4n) is 2.73. The van der Waals surface area contributed by atoms with Crippen LogP contribution in [0.5, 0.6) is 0 Å². The Morgan fingerprint density at radius 3 is 2.24 bits per heavy atom. The average molecular weight is 419 g/mol. The maximum atomic E-state index is 10.6. The number of carboxylic acid groups (broad SMARTS) is 1. The van der Waals surface area contributed by atoms with Gasteiger partial charge >= 0.3 is 5.97 Å². The predicted octanol–water partition coefficient (Wildman–Crippen LogP) is 5.95. The van der Waals surface area contributed by atoms with Crippen LogP contribution in [0.4, 0.5) is 5.13 Å². The summed E-state index contributed by atoms with van der Waals surface area (Å²) in [5, 5.41) is 14.6. The Morgan fingerprint density at radius 2 is 1.55 bits per heavy atom. The van der Waals surface area contributed by atoms with Gasteiger partial charge in [-0.25, -0.2) is 4.98 Å². The molecule has 29 heavy (non-hydrogen) atoms. The smallest absolute Gasteiger partial charge is 0.309 e. The molecule has 0 atom stereocenters. The summed E-state index contributed by atoms with van der Waals surface area (Å²) in [6.45, 7) is 0.892. The third-order valence-electron chi connectivity index (χ3n) is 4.23. The van der Waals surface area contributed by atoms with Gasteiger partial charge in [-0.15, -0.1) is 11.3 Å². The number of carbonyl (C=O) groups excluding carboxylic acids is 1. The van der Waals surface area contributed by atoms with Gasteiger partial charge < -0.3 is 15.2 Å². The number of nitrogens with one attached hydrogen (secondary N) is 1. The maximum absolute atomic E-state index is 10.6. The van der Waals surface area contributed by atoms with Gasteiger partial charge in [0, 0.05) is 18.3 Å². The number of hydrogen-bond acceptors (Lipinski definition) is 5. The van der Waals surface area contributed by atoms with Crippen molar-refractivity contribution in [2.24, 2.45) is 0 Å². The number of allylic oxidation sites excluding steroid dienone is 6. The van der Waals surface area contributed by atoms with Crippen molar-refractivity contribution in [3.63, 3.8) is 0 Å². The number of thiazole rings is 1. The molecule has 0 amide bonds. The molecule has 1 aromatic heterocycles. The second-order valence-electron chi connectivity index (χ2n) is 6.84. The summed E-state index contributed by atoms with van der Waals surface area (Å²) in [6, 6.07) is 0. The van der Waals surface area contributed by atoms with Crippen molar-refractivity contribution < 1.29 is 14.7 Å². The van der Waals surface area contributed by atoms with E-state index in [2.05, 4.69) is 34.6 Å². The Morgan fingerprint density at radius 1 is 0.931 bits per heavy atom. The molecule has 0 aromatic carbocycles. The van der Waals surface area contributed by atoms with E-state index in [9.17, 15) is 9.59 Å². The largest absolute Gasteiger partial charge is 0.481 e. The number of unbranched alkanes of at least 4 members (excludes halogenated alkanes) is 6. The summed E-state index contributed by atoms with van der Waals surface area (Å²) in [5.41, 5.74) is 0.623. The summed E-state index contributed by atoms with van der Waals surface area (Å²) in [4.78, 5) is 25.0. The summed E-state index contributed by atoms with van der Waals surface area (Å²) in [5.74, 6) is -0.842. The van der Waals surface area contributed by atoms with Crippen molar-refractivity contribution in [1.29, 1.82) is 0 Å². The molecule has 0 aliphatic heterocycles. The Bertz CT molecular complexity index is 650. The van der Waals surface area contributed by atoms with E-state index < -0.39 is 5.97 Å². The number of anilines is 1. The molecule has 1 rings (SSSR count). The highest BCUT2D eigenvalue weighted by atomic mass is 32.1. The molecule has 160 valence electrons. The lowest BCUT2D eigenvalue weighted by Crippen LogP contribution is -2.03.